The van der Waals surface area contributed by atoms with Crippen LogP contribution >= 0.6 is 15.9 Å². The van der Waals surface area contributed by atoms with Crippen LogP contribution in [0.1, 0.15) is 11.1 Å². The molecule has 0 spiro atoms. The van der Waals surface area contributed by atoms with Gasteiger partial charge in [-0.15, -0.1) is 0 Å². The Balaban J connectivity index is 2.03. The van der Waals surface area contributed by atoms with Crippen molar-refractivity contribution in [1.29, 1.82) is 0 Å². The van der Waals surface area contributed by atoms with Gasteiger partial charge in [0.2, 0.25) is 5.91 Å². The van der Waals surface area contributed by atoms with E-state index in [0.717, 1.165) is 10.0 Å². The fourth-order valence-corrected chi connectivity index (χ4v) is 2.37. The van der Waals surface area contributed by atoms with E-state index >= 15 is 0 Å². The maximum absolute atomic E-state index is 11.9. The lowest BCUT2D eigenvalue weighted by Gasteiger charge is -2.05. The zero-order valence-corrected chi connectivity index (χ0v) is 13.3. The summed E-state index contributed by atoms with van der Waals surface area (Å²) < 4.78 is 0.810. The Labute approximate surface area is 135 Å². The number of carbonyl (C=O) groups excluding carboxylic acids is 1. The molecule has 0 radical (unpaired) electrons. The largest absolute Gasteiger partial charge is 0.321 e. The number of hydrogen-bond acceptors (Lipinski definition) is 3. The Morgan fingerprint density at radius 2 is 1.91 bits per heavy atom. The lowest BCUT2D eigenvalue weighted by Crippen LogP contribution is -2.08. The second-order valence-electron chi connectivity index (χ2n) is 4.65. The molecule has 0 aliphatic rings. The number of carbonyl (C=O) groups is 1. The first kappa shape index (κ1) is 15.9. The van der Waals surface area contributed by atoms with Crippen molar-refractivity contribution in [3.8, 4) is 0 Å². The molecule has 0 aromatic heterocycles. The number of nitrogens with one attached hydrogen (secondary N) is 1. The van der Waals surface area contributed by atoms with Gasteiger partial charge in [0.05, 0.1) is 10.6 Å². The van der Waals surface area contributed by atoms with Crippen molar-refractivity contribution in [3.05, 3.63) is 74.3 Å². The fourth-order valence-electron chi connectivity index (χ4n) is 1.77. The first-order chi connectivity index (χ1) is 10.5. The predicted octanol–water partition coefficient (Wildman–Crippen LogP) is 4.32. The number of benzene rings is 2. The van der Waals surface area contributed by atoms with Crippen LogP contribution in [0.4, 0.5) is 11.4 Å². The highest BCUT2D eigenvalue weighted by Gasteiger charge is 2.04. The smallest absolute Gasteiger partial charge is 0.269 e. The molecule has 2 aromatic rings. The molecule has 1 N–H and O–H groups in total. The maximum Gasteiger partial charge on any atom is 0.269 e. The monoisotopic (exact) mass is 360 g/mol. The van der Waals surface area contributed by atoms with Gasteiger partial charge in [0.1, 0.15) is 0 Å². The quantitative estimate of drug-likeness (QED) is 0.501. The van der Waals surface area contributed by atoms with Crippen LogP contribution in [0.25, 0.3) is 6.08 Å². The highest BCUT2D eigenvalue weighted by molar-refractivity contribution is 9.10. The molecule has 0 heterocycles. The van der Waals surface area contributed by atoms with Gasteiger partial charge < -0.3 is 5.32 Å². The molecule has 5 nitrogen and oxygen atoms in total. The number of halogens is 1. The molecule has 2 rings (SSSR count). The molecule has 0 aliphatic heterocycles. The Hall–Kier alpha value is -2.47. The van der Waals surface area contributed by atoms with Crippen molar-refractivity contribution in [2.75, 3.05) is 5.32 Å². The van der Waals surface area contributed by atoms with Crippen LogP contribution in [0.2, 0.25) is 0 Å². The molecule has 0 bridgehead atoms. The fraction of sp³-hybridized carbons (Fsp3) is 0.0625. The number of nitro benzene ring substituents is 1. The second kappa shape index (κ2) is 7.00. The summed E-state index contributed by atoms with van der Waals surface area (Å²) in [4.78, 5) is 22.0. The third kappa shape index (κ3) is 4.26. The number of rotatable bonds is 4. The average Bonchev–Trinajstić information content (AvgIpc) is 2.48. The zero-order valence-electron chi connectivity index (χ0n) is 11.7. The Morgan fingerprint density at radius 1 is 1.23 bits per heavy atom. The highest BCUT2D eigenvalue weighted by atomic mass is 79.9. The van der Waals surface area contributed by atoms with E-state index in [9.17, 15) is 14.9 Å². The Bertz CT molecular complexity index is 740. The van der Waals surface area contributed by atoms with E-state index in [1.165, 1.54) is 18.2 Å². The molecule has 0 aliphatic carbocycles. The summed E-state index contributed by atoms with van der Waals surface area (Å²) in [5, 5.41) is 13.3. The van der Waals surface area contributed by atoms with Crippen molar-refractivity contribution in [2.45, 2.75) is 6.92 Å². The van der Waals surface area contributed by atoms with Crippen molar-refractivity contribution in [2.24, 2.45) is 0 Å². The molecule has 0 fully saturated rings. The molecule has 2 aromatic carbocycles. The van der Waals surface area contributed by atoms with Gasteiger partial charge in [0.25, 0.3) is 5.69 Å². The average molecular weight is 361 g/mol. The Kier molecular flexibility index (Phi) is 5.06. The van der Waals surface area contributed by atoms with Gasteiger partial charge in [-0.1, -0.05) is 6.07 Å². The summed E-state index contributed by atoms with van der Waals surface area (Å²) in [5.41, 5.74) is 2.50. The number of amides is 1. The number of hydrogen-bond donors (Lipinski definition) is 1. The van der Waals surface area contributed by atoms with Crippen LogP contribution in [0.3, 0.4) is 0 Å². The van der Waals surface area contributed by atoms with Gasteiger partial charge in [-0.05, 0) is 64.3 Å². The molecule has 0 saturated heterocycles. The van der Waals surface area contributed by atoms with E-state index in [1.807, 2.05) is 25.1 Å². The molecule has 6 heteroatoms. The van der Waals surface area contributed by atoms with Crippen molar-refractivity contribution in [3.63, 3.8) is 0 Å². The van der Waals surface area contributed by atoms with E-state index in [1.54, 1.807) is 18.2 Å². The molecule has 112 valence electrons. The molecule has 0 unspecified atom stereocenters. The molecular formula is C16H13BrN2O3. The van der Waals surface area contributed by atoms with E-state index in [2.05, 4.69) is 21.2 Å². The van der Waals surface area contributed by atoms with Crippen LogP contribution in [-0.2, 0) is 4.79 Å². The van der Waals surface area contributed by atoms with Crippen molar-refractivity contribution < 1.29 is 9.72 Å². The van der Waals surface area contributed by atoms with Gasteiger partial charge in [0, 0.05) is 22.7 Å². The summed E-state index contributed by atoms with van der Waals surface area (Å²) in [7, 11) is 0. The van der Waals surface area contributed by atoms with Crippen LogP contribution in [0, 0.1) is 17.0 Å². The SMILES string of the molecule is Cc1ccc(NC(=O)C=Cc2ccc([N+](=O)[O-])cc2)c(Br)c1. The summed E-state index contributed by atoms with van der Waals surface area (Å²) in [5.74, 6) is -0.275. The number of nitro groups is 1. The van der Waals surface area contributed by atoms with Gasteiger partial charge in [-0.2, -0.15) is 0 Å². The lowest BCUT2D eigenvalue weighted by molar-refractivity contribution is -0.384. The van der Waals surface area contributed by atoms with Crippen LogP contribution in [0.15, 0.2) is 53.0 Å². The minimum absolute atomic E-state index is 0.0187. The molecule has 0 atom stereocenters. The normalized spacial score (nSPS) is 10.6. The Morgan fingerprint density at radius 3 is 2.50 bits per heavy atom. The highest BCUT2D eigenvalue weighted by Crippen LogP contribution is 2.23. The lowest BCUT2D eigenvalue weighted by atomic mass is 10.2. The number of nitrogens with zero attached hydrogens (tertiary/aromatic N) is 1. The van der Waals surface area contributed by atoms with Crippen LogP contribution < -0.4 is 5.32 Å². The number of aryl methyl sites for hydroxylation is 1. The second-order valence-corrected chi connectivity index (χ2v) is 5.51. The van der Waals surface area contributed by atoms with Gasteiger partial charge in [-0.25, -0.2) is 0 Å². The summed E-state index contributed by atoms with van der Waals surface area (Å²) >= 11 is 3.39. The van der Waals surface area contributed by atoms with Crippen molar-refractivity contribution in [1.82, 2.24) is 0 Å². The summed E-state index contributed by atoms with van der Waals surface area (Å²) in [6.07, 6.45) is 2.98. The van der Waals surface area contributed by atoms with Crippen LogP contribution in [-0.4, -0.2) is 10.8 Å². The third-order valence-electron chi connectivity index (χ3n) is 2.91. The molecule has 22 heavy (non-hydrogen) atoms. The van der Waals surface area contributed by atoms with E-state index in [4.69, 9.17) is 0 Å². The predicted molar refractivity (Wildman–Crippen MR) is 89.6 cm³/mol. The minimum Gasteiger partial charge on any atom is -0.321 e. The molecule has 0 saturated carbocycles. The third-order valence-corrected chi connectivity index (χ3v) is 3.57. The number of anilines is 1. The van der Waals surface area contributed by atoms with E-state index in [0.29, 0.717) is 11.3 Å². The first-order valence-corrected chi connectivity index (χ1v) is 7.24. The first-order valence-electron chi connectivity index (χ1n) is 6.45. The van der Waals surface area contributed by atoms with Crippen molar-refractivity contribution >= 4 is 39.3 Å². The summed E-state index contributed by atoms with van der Waals surface area (Å²) in [6.45, 7) is 1.96. The van der Waals surface area contributed by atoms with E-state index < -0.39 is 4.92 Å². The molecule has 1 amide bonds. The van der Waals surface area contributed by atoms with Gasteiger partial charge >= 0.3 is 0 Å². The number of non-ortho nitro benzene ring substituents is 1. The molecular weight excluding hydrogens is 348 g/mol. The topological polar surface area (TPSA) is 72.2 Å². The van der Waals surface area contributed by atoms with Gasteiger partial charge in [0.15, 0.2) is 0 Å². The summed E-state index contributed by atoms with van der Waals surface area (Å²) in [6, 6.07) is 11.6. The standard InChI is InChI=1S/C16H13BrN2O3/c1-11-2-8-15(14(17)10-11)18-16(20)9-5-12-3-6-13(7-4-12)19(21)22/h2-10H,1H3,(H,18,20). The van der Waals surface area contributed by atoms with Gasteiger partial charge in [-0.3, -0.25) is 14.9 Å². The zero-order chi connectivity index (χ0) is 16.1. The van der Waals surface area contributed by atoms with Crippen LogP contribution in [0.5, 0.6) is 0 Å². The minimum atomic E-state index is -0.463. The van der Waals surface area contributed by atoms with E-state index in [-0.39, 0.29) is 11.6 Å². The maximum atomic E-state index is 11.9.